The van der Waals surface area contributed by atoms with E-state index in [2.05, 4.69) is 5.32 Å². The smallest absolute Gasteiger partial charge is 0.247 e. The lowest BCUT2D eigenvalue weighted by molar-refractivity contribution is -0.140. The lowest BCUT2D eigenvalue weighted by atomic mass is 9.77. The van der Waals surface area contributed by atoms with Crippen LogP contribution in [0.5, 0.6) is 5.75 Å². The van der Waals surface area contributed by atoms with Crippen LogP contribution in [-0.2, 0) is 19.1 Å². The van der Waals surface area contributed by atoms with Crippen LogP contribution in [0.2, 0.25) is 0 Å². The Morgan fingerprint density at radius 2 is 2.12 bits per heavy atom. The number of nitrogens with one attached hydrogen (secondary N) is 1. The Balaban J connectivity index is 1.70. The molecule has 1 aromatic carbocycles. The van der Waals surface area contributed by atoms with Gasteiger partial charge in [-0.1, -0.05) is 18.2 Å². The fourth-order valence-corrected chi connectivity index (χ4v) is 4.92. The molecule has 9 heteroatoms. The van der Waals surface area contributed by atoms with E-state index in [1.165, 1.54) is 7.11 Å². The van der Waals surface area contributed by atoms with Crippen molar-refractivity contribution in [3.05, 3.63) is 41.5 Å². The molecule has 0 spiro atoms. The molecular formula is C24H32N2O7. The molecule has 2 amide bonds. The standard InChI is InChI=1S/C24H32N2O7/c1-31-12-8-20(28)26(14-15-5-4-11-32-15)18-13-17(24(30)25-9-10-27)21-16-6-2-3-7-19(16)33-23(21)22(18)29/h2-3,6-7,13,15,18,21-23,27,29H,4-5,8-12,14H2,1H3,(H,25,30)/t15-,18+,21-,22-,23-/m0/s1. The molecular weight excluding hydrogens is 428 g/mol. The van der Waals surface area contributed by atoms with Crippen LogP contribution in [0.1, 0.15) is 30.7 Å². The van der Waals surface area contributed by atoms with Gasteiger partial charge in [0.2, 0.25) is 11.8 Å². The zero-order chi connectivity index (χ0) is 23.4. The number of rotatable bonds is 9. The monoisotopic (exact) mass is 460 g/mol. The normalized spacial score (nSPS) is 27.8. The van der Waals surface area contributed by atoms with Crippen LogP contribution in [0, 0.1) is 0 Å². The Labute approximate surface area is 193 Å². The number of benzene rings is 1. The number of carbonyl (C=O) groups excluding carboxylic acids is 2. The molecule has 180 valence electrons. The highest BCUT2D eigenvalue weighted by Gasteiger charge is 2.50. The van der Waals surface area contributed by atoms with E-state index in [9.17, 15) is 19.8 Å². The first-order chi connectivity index (χ1) is 16.0. The molecule has 5 atom stereocenters. The SMILES string of the molecule is COCCC(=O)N(C[C@@H]1CCCO1)[C@@H]1C=C(C(=O)NCCO)[C@@H]2c3ccccc3O[C@@H]2[C@H]1O. The third kappa shape index (κ3) is 4.91. The summed E-state index contributed by atoms with van der Waals surface area (Å²) in [5, 5.41) is 23.3. The Bertz CT molecular complexity index is 883. The molecule has 1 saturated heterocycles. The van der Waals surface area contributed by atoms with Gasteiger partial charge >= 0.3 is 0 Å². The van der Waals surface area contributed by atoms with Crippen molar-refractivity contribution in [2.75, 3.05) is 40.0 Å². The minimum atomic E-state index is -1.04. The second-order valence-electron chi connectivity index (χ2n) is 8.60. The molecule has 2 heterocycles. The van der Waals surface area contributed by atoms with E-state index in [1.807, 2.05) is 24.3 Å². The van der Waals surface area contributed by atoms with E-state index in [0.29, 0.717) is 24.5 Å². The number of carbonyl (C=O) groups is 2. The summed E-state index contributed by atoms with van der Waals surface area (Å²) in [6, 6.07) is 6.64. The minimum Gasteiger partial charge on any atom is -0.486 e. The maximum absolute atomic E-state index is 13.2. The molecule has 1 aliphatic carbocycles. The highest BCUT2D eigenvalue weighted by molar-refractivity contribution is 5.96. The Morgan fingerprint density at radius 3 is 2.85 bits per heavy atom. The Morgan fingerprint density at radius 1 is 1.30 bits per heavy atom. The minimum absolute atomic E-state index is 0.107. The lowest BCUT2D eigenvalue weighted by Gasteiger charge is -2.41. The summed E-state index contributed by atoms with van der Waals surface area (Å²) < 4.78 is 17.0. The molecule has 0 bridgehead atoms. The van der Waals surface area contributed by atoms with Gasteiger partial charge in [-0.2, -0.15) is 0 Å². The van der Waals surface area contributed by atoms with Gasteiger partial charge in [-0.15, -0.1) is 0 Å². The van der Waals surface area contributed by atoms with E-state index in [4.69, 9.17) is 14.2 Å². The average Bonchev–Trinajstić information content (AvgIpc) is 3.48. The second-order valence-corrected chi connectivity index (χ2v) is 8.60. The van der Waals surface area contributed by atoms with Crippen molar-refractivity contribution < 1.29 is 34.0 Å². The molecule has 0 aromatic heterocycles. The maximum atomic E-state index is 13.2. The number of ether oxygens (including phenoxy) is 3. The van der Waals surface area contributed by atoms with Crippen LogP contribution in [0.4, 0.5) is 0 Å². The van der Waals surface area contributed by atoms with Gasteiger partial charge in [0.15, 0.2) is 0 Å². The van der Waals surface area contributed by atoms with Gasteiger partial charge in [0, 0.05) is 37.9 Å². The summed E-state index contributed by atoms with van der Waals surface area (Å²) in [5.74, 6) is -0.386. The molecule has 9 nitrogen and oxygen atoms in total. The predicted octanol–water partition coefficient (Wildman–Crippen LogP) is 0.353. The first kappa shape index (κ1) is 23.7. The Hall–Kier alpha value is -2.46. The molecule has 3 aliphatic rings. The molecule has 3 N–H and O–H groups in total. The van der Waals surface area contributed by atoms with E-state index in [1.54, 1.807) is 11.0 Å². The van der Waals surface area contributed by atoms with Crippen LogP contribution < -0.4 is 10.1 Å². The number of fused-ring (bicyclic) bond motifs is 3. The largest absolute Gasteiger partial charge is 0.486 e. The number of hydrogen-bond donors (Lipinski definition) is 3. The van der Waals surface area contributed by atoms with Crippen LogP contribution in [0.15, 0.2) is 35.9 Å². The van der Waals surface area contributed by atoms with Crippen molar-refractivity contribution >= 4 is 11.8 Å². The Kier molecular flexibility index (Phi) is 7.64. The quantitative estimate of drug-likeness (QED) is 0.487. The molecule has 0 unspecified atom stereocenters. The summed E-state index contributed by atoms with van der Waals surface area (Å²) >= 11 is 0. The molecule has 4 rings (SSSR count). The fourth-order valence-electron chi connectivity index (χ4n) is 4.92. The van der Waals surface area contributed by atoms with E-state index in [-0.39, 0.29) is 44.1 Å². The summed E-state index contributed by atoms with van der Waals surface area (Å²) in [7, 11) is 1.53. The molecule has 1 fully saturated rings. The maximum Gasteiger partial charge on any atom is 0.247 e. The van der Waals surface area contributed by atoms with E-state index < -0.39 is 24.2 Å². The van der Waals surface area contributed by atoms with Gasteiger partial charge in [0.1, 0.15) is 18.0 Å². The van der Waals surface area contributed by atoms with E-state index in [0.717, 1.165) is 18.4 Å². The van der Waals surface area contributed by atoms with E-state index >= 15 is 0 Å². The van der Waals surface area contributed by atoms with Gasteiger partial charge in [-0.25, -0.2) is 0 Å². The number of hydrogen-bond acceptors (Lipinski definition) is 7. The summed E-state index contributed by atoms with van der Waals surface area (Å²) in [6.45, 7) is 1.14. The van der Waals surface area contributed by atoms with Gasteiger partial charge in [-0.3, -0.25) is 9.59 Å². The van der Waals surface area contributed by atoms with Gasteiger partial charge in [0.05, 0.1) is 37.7 Å². The van der Waals surface area contributed by atoms with Gasteiger partial charge < -0.3 is 34.6 Å². The third-order valence-corrected chi connectivity index (χ3v) is 6.50. The van der Waals surface area contributed by atoms with Crippen molar-refractivity contribution in [2.24, 2.45) is 0 Å². The topological polar surface area (TPSA) is 118 Å². The summed E-state index contributed by atoms with van der Waals surface area (Å²) in [4.78, 5) is 27.9. The number of amides is 2. The molecule has 1 aromatic rings. The first-order valence-electron chi connectivity index (χ1n) is 11.5. The molecule has 2 aliphatic heterocycles. The number of methoxy groups -OCH3 is 1. The molecule has 33 heavy (non-hydrogen) atoms. The third-order valence-electron chi connectivity index (χ3n) is 6.50. The zero-order valence-corrected chi connectivity index (χ0v) is 18.8. The van der Waals surface area contributed by atoms with Crippen LogP contribution in [-0.4, -0.2) is 91.3 Å². The number of para-hydroxylation sites is 1. The highest BCUT2D eigenvalue weighted by Crippen LogP contribution is 2.47. The van der Waals surface area contributed by atoms with Crippen molar-refractivity contribution in [3.8, 4) is 5.75 Å². The number of aliphatic hydroxyl groups excluding tert-OH is 2. The number of nitrogens with zero attached hydrogens (tertiary/aromatic N) is 1. The second kappa shape index (κ2) is 10.6. The zero-order valence-electron chi connectivity index (χ0n) is 18.8. The van der Waals surface area contributed by atoms with Gasteiger partial charge in [0.25, 0.3) is 0 Å². The van der Waals surface area contributed by atoms with Crippen LogP contribution >= 0.6 is 0 Å². The first-order valence-corrected chi connectivity index (χ1v) is 11.5. The molecule has 0 radical (unpaired) electrons. The summed E-state index contributed by atoms with van der Waals surface area (Å²) in [6.07, 6.45) is 1.72. The van der Waals surface area contributed by atoms with Crippen molar-refractivity contribution in [3.63, 3.8) is 0 Å². The van der Waals surface area contributed by atoms with Crippen LogP contribution in [0.25, 0.3) is 0 Å². The van der Waals surface area contributed by atoms with Gasteiger partial charge in [-0.05, 0) is 25.0 Å². The lowest BCUT2D eigenvalue weighted by Crippen LogP contribution is -2.57. The summed E-state index contributed by atoms with van der Waals surface area (Å²) in [5.41, 5.74) is 1.24. The highest BCUT2D eigenvalue weighted by atomic mass is 16.5. The van der Waals surface area contributed by atoms with Crippen molar-refractivity contribution in [2.45, 2.75) is 49.5 Å². The predicted molar refractivity (Wildman–Crippen MR) is 119 cm³/mol. The number of aliphatic hydroxyl groups is 2. The van der Waals surface area contributed by atoms with Crippen molar-refractivity contribution in [1.82, 2.24) is 10.2 Å². The van der Waals surface area contributed by atoms with Crippen LogP contribution in [0.3, 0.4) is 0 Å². The molecule has 0 saturated carbocycles. The van der Waals surface area contributed by atoms with Crippen molar-refractivity contribution in [1.29, 1.82) is 0 Å². The average molecular weight is 461 g/mol. The fraction of sp³-hybridized carbons (Fsp3) is 0.583.